The van der Waals surface area contributed by atoms with Crippen LogP contribution in [0.3, 0.4) is 0 Å². The second-order valence-corrected chi connectivity index (χ2v) is 8.49. The van der Waals surface area contributed by atoms with Crippen molar-refractivity contribution in [3.05, 3.63) is 69.2 Å². The van der Waals surface area contributed by atoms with Crippen molar-refractivity contribution >= 4 is 50.5 Å². The fourth-order valence-corrected chi connectivity index (χ4v) is 4.06. The van der Waals surface area contributed by atoms with Crippen molar-refractivity contribution in [2.75, 3.05) is 12.9 Å². The van der Waals surface area contributed by atoms with Crippen LogP contribution in [0.2, 0.25) is 0 Å². The number of thioether (sulfide) groups is 1. The van der Waals surface area contributed by atoms with Gasteiger partial charge in [0.25, 0.3) is 5.91 Å². The number of carbonyl (C=O) groups is 1. The molecule has 4 rings (SSSR count). The second-order valence-electron chi connectivity index (χ2n) is 6.32. The maximum Gasteiger partial charge on any atom is 0.276 e. The van der Waals surface area contributed by atoms with Gasteiger partial charge in [0.15, 0.2) is 11.3 Å². The van der Waals surface area contributed by atoms with Crippen molar-refractivity contribution in [3.63, 3.8) is 0 Å². The molecule has 29 heavy (non-hydrogen) atoms. The van der Waals surface area contributed by atoms with Gasteiger partial charge in [0.1, 0.15) is 11.4 Å². The Kier molecular flexibility index (Phi) is 5.73. The summed E-state index contributed by atoms with van der Waals surface area (Å²) in [5, 5.41) is 11.3. The first kappa shape index (κ1) is 19.7. The number of ether oxygens (including phenoxy) is 1. The minimum absolute atomic E-state index is 0.173. The largest absolute Gasteiger partial charge is 0.497 e. The van der Waals surface area contributed by atoms with E-state index in [-0.39, 0.29) is 5.91 Å². The topological polar surface area (TPSA) is 66.3 Å². The van der Waals surface area contributed by atoms with Crippen LogP contribution < -0.4 is 20.6 Å². The monoisotopic (exact) mass is 470 g/mol. The lowest BCUT2D eigenvalue weighted by atomic mass is 10.1. The summed E-state index contributed by atoms with van der Waals surface area (Å²) >= 11 is 4.97. The molecular weight excluding hydrogens is 452 g/mol. The lowest BCUT2D eigenvalue weighted by Gasteiger charge is -2.32. The minimum Gasteiger partial charge on any atom is -0.497 e. The van der Waals surface area contributed by atoms with Crippen LogP contribution in [0.25, 0.3) is 11.8 Å². The van der Waals surface area contributed by atoms with Crippen molar-refractivity contribution in [1.29, 1.82) is 0 Å². The van der Waals surface area contributed by atoms with Gasteiger partial charge in [-0.05, 0) is 47.7 Å². The molecule has 6 nitrogen and oxygen atoms in total. The van der Waals surface area contributed by atoms with Crippen LogP contribution in [0, 0.1) is 0 Å². The van der Waals surface area contributed by atoms with Crippen LogP contribution in [0.1, 0.15) is 12.5 Å². The number of carbonyl (C=O) groups excluding carboxylic acids is 1. The lowest BCUT2D eigenvalue weighted by molar-refractivity contribution is -0.116. The number of nitrogens with zero attached hydrogens (tertiary/aromatic N) is 3. The van der Waals surface area contributed by atoms with Crippen molar-refractivity contribution in [2.24, 2.45) is 10.1 Å². The summed E-state index contributed by atoms with van der Waals surface area (Å²) < 4.78 is 6.09. The highest BCUT2D eigenvalue weighted by Crippen LogP contribution is 2.22. The number of rotatable bonds is 4. The quantitative estimate of drug-likeness (QED) is 0.745. The van der Waals surface area contributed by atoms with Crippen molar-refractivity contribution in [2.45, 2.75) is 13.1 Å². The Morgan fingerprint density at radius 2 is 2.07 bits per heavy atom. The molecule has 0 radical (unpaired) electrons. The summed E-state index contributed by atoms with van der Waals surface area (Å²) in [7, 11) is 1.64. The fourth-order valence-electron chi connectivity index (χ4n) is 3.12. The Hall–Kier alpha value is -2.58. The Bertz CT molecular complexity index is 1130. The van der Waals surface area contributed by atoms with E-state index in [1.807, 2.05) is 61.5 Å². The molecular formula is C21H19BrN4O2S. The molecule has 2 aromatic carbocycles. The molecule has 2 aliphatic heterocycles. The maximum atomic E-state index is 12.9. The van der Waals surface area contributed by atoms with Crippen LogP contribution in [0.15, 0.2) is 63.1 Å². The number of hydrogen-bond acceptors (Lipinski definition) is 6. The molecule has 0 aliphatic carbocycles. The predicted molar refractivity (Wildman–Crippen MR) is 120 cm³/mol. The third kappa shape index (κ3) is 4.09. The zero-order valence-electron chi connectivity index (χ0n) is 15.9. The molecule has 148 valence electrons. The second kappa shape index (κ2) is 8.42. The van der Waals surface area contributed by atoms with E-state index in [1.54, 1.807) is 12.1 Å². The number of fused-ring (bicyclic) bond motifs is 2. The molecule has 0 fully saturated rings. The summed E-state index contributed by atoms with van der Waals surface area (Å²) in [5.74, 6) is 1.44. The van der Waals surface area contributed by atoms with E-state index >= 15 is 0 Å². The summed E-state index contributed by atoms with van der Waals surface area (Å²) in [5.41, 5.74) is 1.51. The number of amidine groups is 1. The Morgan fingerprint density at radius 3 is 2.79 bits per heavy atom. The molecule has 0 saturated heterocycles. The third-order valence-electron chi connectivity index (χ3n) is 4.46. The van der Waals surface area contributed by atoms with Gasteiger partial charge in [0.05, 0.1) is 12.5 Å². The smallest absolute Gasteiger partial charge is 0.276 e. The van der Waals surface area contributed by atoms with Crippen molar-refractivity contribution in [3.8, 4) is 5.75 Å². The molecule has 0 saturated carbocycles. The number of hydrazone groups is 1. The van der Waals surface area contributed by atoms with E-state index in [2.05, 4.69) is 26.3 Å². The van der Waals surface area contributed by atoms with Crippen molar-refractivity contribution in [1.82, 2.24) is 10.3 Å². The number of methoxy groups -OCH3 is 1. The molecule has 1 atom stereocenters. The maximum absolute atomic E-state index is 12.9. The van der Waals surface area contributed by atoms with Gasteiger partial charge in [-0.2, -0.15) is 0 Å². The first-order chi connectivity index (χ1) is 14.1. The number of benzene rings is 2. The highest BCUT2D eigenvalue weighted by atomic mass is 79.9. The first-order valence-corrected chi connectivity index (χ1v) is 10.9. The van der Waals surface area contributed by atoms with Crippen LogP contribution in [-0.2, 0) is 4.79 Å². The van der Waals surface area contributed by atoms with Gasteiger partial charge in [-0.25, -0.2) is 5.01 Å². The normalized spacial score (nSPS) is 18.0. The lowest BCUT2D eigenvalue weighted by Crippen LogP contribution is -2.52. The van der Waals surface area contributed by atoms with Gasteiger partial charge >= 0.3 is 0 Å². The molecule has 1 amide bonds. The van der Waals surface area contributed by atoms with Crippen LogP contribution >= 0.6 is 27.7 Å². The third-order valence-corrected chi connectivity index (χ3v) is 5.70. The van der Waals surface area contributed by atoms with Crippen LogP contribution in [-0.4, -0.2) is 35.1 Å². The highest BCUT2D eigenvalue weighted by molar-refractivity contribution is 9.10. The first-order valence-electron chi connectivity index (χ1n) is 9.11. The minimum atomic E-state index is -0.417. The zero-order chi connectivity index (χ0) is 20.4. The van der Waals surface area contributed by atoms with Gasteiger partial charge in [-0.3, -0.25) is 15.1 Å². The molecule has 0 aromatic heterocycles. The van der Waals surface area contributed by atoms with Crippen LogP contribution in [0.5, 0.6) is 5.75 Å². The summed E-state index contributed by atoms with van der Waals surface area (Å²) in [6.45, 7) is 2.02. The van der Waals surface area contributed by atoms with E-state index in [9.17, 15) is 4.79 Å². The van der Waals surface area contributed by atoms with Gasteiger partial charge in [0.2, 0.25) is 0 Å². The molecule has 1 N–H and O–H groups in total. The number of halogens is 1. The van der Waals surface area contributed by atoms with Gasteiger partial charge in [0, 0.05) is 9.69 Å². The zero-order valence-corrected chi connectivity index (χ0v) is 18.3. The van der Waals surface area contributed by atoms with E-state index in [0.717, 1.165) is 32.1 Å². The SMILES string of the molecule is CCSC1=NN2C(=c3cc(Br)ccc3=N[C@@H]2/C=C/c2ccc(OC)cc2)C(=O)N1. The predicted octanol–water partition coefficient (Wildman–Crippen LogP) is 2.69. The molecule has 0 bridgehead atoms. The molecule has 8 heteroatoms. The molecule has 2 heterocycles. The molecule has 0 spiro atoms. The average molecular weight is 471 g/mol. The Labute approximate surface area is 181 Å². The fraction of sp³-hybridized carbons (Fsp3) is 0.190. The van der Waals surface area contributed by atoms with E-state index in [1.165, 1.54) is 11.8 Å². The van der Waals surface area contributed by atoms with E-state index in [4.69, 9.17) is 9.73 Å². The van der Waals surface area contributed by atoms with Gasteiger partial charge in [-0.1, -0.05) is 52.8 Å². The van der Waals surface area contributed by atoms with Crippen molar-refractivity contribution < 1.29 is 9.53 Å². The highest BCUT2D eigenvalue weighted by Gasteiger charge is 2.32. The van der Waals surface area contributed by atoms with E-state index in [0.29, 0.717) is 10.9 Å². The Balaban J connectivity index is 1.78. The Morgan fingerprint density at radius 1 is 1.28 bits per heavy atom. The van der Waals surface area contributed by atoms with Gasteiger partial charge < -0.3 is 4.74 Å². The van der Waals surface area contributed by atoms with E-state index < -0.39 is 6.17 Å². The molecule has 2 aromatic rings. The van der Waals surface area contributed by atoms with Gasteiger partial charge in [-0.15, -0.1) is 5.10 Å². The summed E-state index contributed by atoms with van der Waals surface area (Å²) in [6.07, 6.45) is 3.51. The molecule has 2 aliphatic rings. The summed E-state index contributed by atoms with van der Waals surface area (Å²) in [4.78, 5) is 17.7. The number of hydrogen-bond donors (Lipinski definition) is 1. The average Bonchev–Trinajstić information content (AvgIpc) is 2.72. The standard InChI is InChI=1S/C21H19BrN4O2S/c1-3-29-21-24-20(27)19-16-12-14(22)7-10-17(16)23-18(26(19)25-21)11-6-13-4-8-15(28-2)9-5-13/h4-12,18H,3H2,1-2H3,(H,24,25,27)/b11-6+/t18-/m0/s1. The number of nitrogens with one attached hydrogen (secondary N) is 1. The molecule has 0 unspecified atom stereocenters. The summed E-state index contributed by atoms with van der Waals surface area (Å²) in [6, 6.07) is 13.5. The number of amides is 1. The van der Waals surface area contributed by atoms with Crippen LogP contribution in [0.4, 0.5) is 0 Å².